The smallest absolute Gasteiger partial charge is 0.251 e. The van der Waals surface area contributed by atoms with Gasteiger partial charge in [-0.05, 0) is 23.3 Å². The number of rotatable bonds is 6. The molecule has 4 aromatic rings. The van der Waals surface area contributed by atoms with Gasteiger partial charge >= 0.3 is 0 Å². The number of hydrogen-bond donors (Lipinski definition) is 0. The maximum Gasteiger partial charge on any atom is 0.251 e. The SMILES string of the molecule is O=C(c1ccn(Cc2ccccc2)c(=O)c1)c1ccn(Cc2ccccc2)c(=O)c1. The second kappa shape index (κ2) is 8.57. The Balaban J connectivity index is 1.54. The lowest BCUT2D eigenvalue weighted by atomic mass is 10.1. The van der Waals surface area contributed by atoms with Crippen LogP contribution in [-0.2, 0) is 13.1 Å². The van der Waals surface area contributed by atoms with E-state index in [0.717, 1.165) is 11.1 Å². The van der Waals surface area contributed by atoms with Crippen LogP contribution in [-0.4, -0.2) is 14.9 Å². The van der Waals surface area contributed by atoms with Crippen molar-refractivity contribution in [1.29, 1.82) is 0 Å². The van der Waals surface area contributed by atoms with Crippen molar-refractivity contribution in [3.8, 4) is 0 Å². The molecular weight excluding hydrogens is 376 g/mol. The van der Waals surface area contributed by atoms with Gasteiger partial charge in [0.1, 0.15) is 0 Å². The Labute approximate surface area is 173 Å². The standard InChI is InChI=1S/C25H20N2O3/c28-23-15-21(11-13-26(23)17-19-7-3-1-4-8-19)25(30)22-12-14-27(24(29)16-22)18-20-9-5-2-6-10-20/h1-16H,17-18H2. The monoisotopic (exact) mass is 396 g/mol. The quantitative estimate of drug-likeness (QED) is 0.470. The van der Waals surface area contributed by atoms with E-state index in [4.69, 9.17) is 0 Å². The summed E-state index contributed by atoms with van der Waals surface area (Å²) in [7, 11) is 0. The average Bonchev–Trinajstić information content (AvgIpc) is 2.77. The third-order valence-electron chi connectivity index (χ3n) is 4.91. The fourth-order valence-electron chi connectivity index (χ4n) is 3.29. The van der Waals surface area contributed by atoms with E-state index >= 15 is 0 Å². The lowest BCUT2D eigenvalue weighted by Gasteiger charge is -2.09. The molecule has 2 aromatic carbocycles. The maximum absolute atomic E-state index is 12.8. The van der Waals surface area contributed by atoms with Crippen molar-refractivity contribution in [2.24, 2.45) is 0 Å². The molecule has 0 atom stereocenters. The molecule has 0 N–H and O–H groups in total. The van der Waals surface area contributed by atoms with Gasteiger partial charge in [-0.3, -0.25) is 14.4 Å². The molecule has 0 aliphatic carbocycles. The Morgan fingerprint density at radius 1 is 0.600 bits per heavy atom. The van der Waals surface area contributed by atoms with Gasteiger partial charge in [0.15, 0.2) is 5.78 Å². The van der Waals surface area contributed by atoms with Gasteiger partial charge in [0.2, 0.25) is 0 Å². The van der Waals surface area contributed by atoms with Gasteiger partial charge in [0.05, 0.1) is 13.1 Å². The van der Waals surface area contributed by atoms with Crippen LogP contribution in [0.3, 0.4) is 0 Å². The van der Waals surface area contributed by atoms with E-state index in [1.165, 1.54) is 12.1 Å². The average molecular weight is 396 g/mol. The molecule has 148 valence electrons. The van der Waals surface area contributed by atoms with Crippen molar-refractivity contribution in [2.45, 2.75) is 13.1 Å². The van der Waals surface area contributed by atoms with Crippen LogP contribution < -0.4 is 11.1 Å². The number of hydrogen-bond acceptors (Lipinski definition) is 3. The molecule has 30 heavy (non-hydrogen) atoms. The molecule has 0 aliphatic rings. The van der Waals surface area contributed by atoms with E-state index in [9.17, 15) is 14.4 Å². The Kier molecular flexibility index (Phi) is 5.52. The first-order valence-electron chi connectivity index (χ1n) is 9.64. The van der Waals surface area contributed by atoms with Gasteiger partial charge in [0.25, 0.3) is 11.1 Å². The van der Waals surface area contributed by atoms with E-state index < -0.39 is 0 Å². The first-order chi connectivity index (χ1) is 14.6. The van der Waals surface area contributed by atoms with E-state index in [2.05, 4.69) is 0 Å². The summed E-state index contributed by atoms with van der Waals surface area (Å²) in [6.45, 7) is 0.868. The zero-order valence-electron chi connectivity index (χ0n) is 16.3. The summed E-state index contributed by atoms with van der Waals surface area (Å²) in [4.78, 5) is 37.7. The Morgan fingerprint density at radius 2 is 1.00 bits per heavy atom. The molecule has 0 fully saturated rings. The molecule has 0 saturated heterocycles. The van der Waals surface area contributed by atoms with Crippen molar-refractivity contribution in [1.82, 2.24) is 9.13 Å². The van der Waals surface area contributed by atoms with Gasteiger partial charge < -0.3 is 9.13 Å². The molecule has 5 heteroatoms. The molecule has 4 rings (SSSR count). The van der Waals surface area contributed by atoms with Crippen molar-refractivity contribution < 1.29 is 4.79 Å². The van der Waals surface area contributed by atoms with Crippen LogP contribution in [0.15, 0.2) is 107 Å². The van der Waals surface area contributed by atoms with Gasteiger partial charge in [-0.25, -0.2) is 0 Å². The zero-order valence-corrected chi connectivity index (χ0v) is 16.3. The van der Waals surface area contributed by atoms with Crippen molar-refractivity contribution in [2.75, 3.05) is 0 Å². The largest absolute Gasteiger partial charge is 0.311 e. The summed E-state index contributed by atoms with van der Waals surface area (Å²) >= 11 is 0. The first kappa shape index (κ1) is 19.3. The number of pyridine rings is 2. The second-order valence-corrected chi connectivity index (χ2v) is 7.06. The first-order valence-corrected chi connectivity index (χ1v) is 9.64. The fourth-order valence-corrected chi connectivity index (χ4v) is 3.29. The van der Waals surface area contributed by atoms with Gasteiger partial charge in [-0.1, -0.05) is 60.7 Å². The summed E-state index contributed by atoms with van der Waals surface area (Å²) in [6.07, 6.45) is 3.22. The molecule has 2 heterocycles. The lowest BCUT2D eigenvalue weighted by Crippen LogP contribution is -2.23. The number of carbonyl (C=O) groups excluding carboxylic acids is 1. The number of ketones is 1. The molecule has 0 spiro atoms. The van der Waals surface area contributed by atoms with E-state index in [0.29, 0.717) is 13.1 Å². The van der Waals surface area contributed by atoms with E-state index in [-0.39, 0.29) is 28.0 Å². The minimum atomic E-state index is -0.345. The van der Waals surface area contributed by atoms with Crippen molar-refractivity contribution >= 4 is 5.78 Å². The second-order valence-electron chi connectivity index (χ2n) is 7.06. The fraction of sp³-hybridized carbons (Fsp3) is 0.0800. The molecule has 2 aromatic heterocycles. The lowest BCUT2D eigenvalue weighted by molar-refractivity contribution is 0.103. The van der Waals surface area contributed by atoms with Crippen molar-refractivity contribution in [3.05, 3.63) is 140 Å². The van der Waals surface area contributed by atoms with E-state index in [1.807, 2.05) is 60.7 Å². The highest BCUT2D eigenvalue weighted by Crippen LogP contribution is 2.08. The predicted octanol–water partition coefficient (Wildman–Crippen LogP) is 3.34. The van der Waals surface area contributed by atoms with Gasteiger partial charge in [0, 0.05) is 35.7 Å². The molecular formula is C25H20N2O3. The molecule has 0 bridgehead atoms. The Hall–Kier alpha value is -3.99. The molecule has 5 nitrogen and oxygen atoms in total. The van der Waals surface area contributed by atoms with Crippen LogP contribution in [0.1, 0.15) is 27.0 Å². The maximum atomic E-state index is 12.8. The Morgan fingerprint density at radius 3 is 1.37 bits per heavy atom. The molecule has 0 saturated carbocycles. The summed E-state index contributed by atoms with van der Waals surface area (Å²) < 4.78 is 3.09. The highest BCUT2D eigenvalue weighted by molar-refractivity contribution is 6.08. The third kappa shape index (κ3) is 4.36. The van der Waals surface area contributed by atoms with Crippen LogP contribution >= 0.6 is 0 Å². The summed E-state index contributed by atoms with van der Waals surface area (Å²) in [5.41, 5.74) is 2.01. The molecule has 0 aliphatic heterocycles. The summed E-state index contributed by atoms with van der Waals surface area (Å²) in [6, 6.07) is 25.1. The molecule has 0 unspecified atom stereocenters. The number of nitrogens with zero attached hydrogens (tertiary/aromatic N) is 2. The van der Waals surface area contributed by atoms with Crippen LogP contribution in [0, 0.1) is 0 Å². The number of carbonyl (C=O) groups is 1. The van der Waals surface area contributed by atoms with Crippen LogP contribution in [0.2, 0.25) is 0 Å². The predicted molar refractivity (Wildman–Crippen MR) is 116 cm³/mol. The van der Waals surface area contributed by atoms with Crippen molar-refractivity contribution in [3.63, 3.8) is 0 Å². The van der Waals surface area contributed by atoms with Crippen LogP contribution in [0.5, 0.6) is 0 Å². The van der Waals surface area contributed by atoms with Crippen LogP contribution in [0.4, 0.5) is 0 Å². The normalized spacial score (nSPS) is 10.7. The summed E-state index contributed by atoms with van der Waals surface area (Å²) in [5, 5.41) is 0. The molecule has 0 amide bonds. The zero-order chi connectivity index (χ0) is 20.9. The number of aromatic nitrogens is 2. The van der Waals surface area contributed by atoms with E-state index in [1.54, 1.807) is 33.7 Å². The third-order valence-corrected chi connectivity index (χ3v) is 4.91. The molecule has 0 radical (unpaired) electrons. The highest BCUT2D eigenvalue weighted by atomic mass is 16.1. The Bertz CT molecular complexity index is 1190. The highest BCUT2D eigenvalue weighted by Gasteiger charge is 2.12. The minimum absolute atomic E-state index is 0.262. The minimum Gasteiger partial charge on any atom is -0.311 e. The van der Waals surface area contributed by atoms with Gasteiger partial charge in [-0.15, -0.1) is 0 Å². The van der Waals surface area contributed by atoms with Crippen LogP contribution in [0.25, 0.3) is 0 Å². The topological polar surface area (TPSA) is 61.1 Å². The number of benzene rings is 2. The van der Waals surface area contributed by atoms with Gasteiger partial charge in [-0.2, -0.15) is 0 Å². The summed E-state index contributed by atoms with van der Waals surface area (Å²) in [5.74, 6) is -0.345.